The van der Waals surface area contributed by atoms with Crippen LogP contribution in [-0.4, -0.2) is 35.3 Å². The van der Waals surface area contributed by atoms with Gasteiger partial charge in [0.05, 0.1) is 0 Å². The molecule has 0 aromatic heterocycles. The van der Waals surface area contributed by atoms with Crippen molar-refractivity contribution in [3.8, 4) is 0 Å². The molecule has 0 saturated carbocycles. The lowest BCUT2D eigenvalue weighted by atomic mass is 9.85. The van der Waals surface area contributed by atoms with Crippen molar-refractivity contribution in [2.45, 2.75) is 32.2 Å². The number of benzene rings is 1. The minimum Gasteiger partial charge on any atom is -0.354 e. The van der Waals surface area contributed by atoms with Gasteiger partial charge in [-0.1, -0.05) is 42.5 Å². The Morgan fingerprint density at radius 1 is 1.33 bits per heavy atom. The van der Waals surface area contributed by atoms with E-state index in [0.717, 1.165) is 12.0 Å². The molecule has 1 unspecified atom stereocenters. The molecule has 4 heteroatoms. The van der Waals surface area contributed by atoms with Crippen LogP contribution in [-0.2, 0) is 9.59 Å². The van der Waals surface area contributed by atoms with Crippen LogP contribution in [0.2, 0.25) is 0 Å². The number of nitrogens with one attached hydrogen (secondary N) is 1. The second-order valence-corrected chi connectivity index (χ2v) is 5.45. The third kappa shape index (κ3) is 3.32. The zero-order valence-corrected chi connectivity index (χ0v) is 12.6. The number of amides is 2. The molecular formula is C17H22N2O2. The van der Waals surface area contributed by atoms with Crippen molar-refractivity contribution >= 4 is 17.9 Å². The number of rotatable bonds is 5. The summed E-state index contributed by atoms with van der Waals surface area (Å²) in [7, 11) is 0. The summed E-state index contributed by atoms with van der Waals surface area (Å²) in [6, 6.07) is 9.86. The van der Waals surface area contributed by atoms with Crippen LogP contribution in [0.25, 0.3) is 6.08 Å². The predicted molar refractivity (Wildman–Crippen MR) is 83.5 cm³/mol. The van der Waals surface area contributed by atoms with Crippen LogP contribution in [0.4, 0.5) is 0 Å². The average Bonchev–Trinajstić information content (AvgIpc) is 2.46. The second-order valence-electron chi connectivity index (χ2n) is 5.45. The number of hydrogen-bond donors (Lipinski definition) is 1. The lowest BCUT2D eigenvalue weighted by Gasteiger charge is -2.49. The molecule has 112 valence electrons. The van der Waals surface area contributed by atoms with E-state index in [1.54, 1.807) is 4.90 Å². The third-order valence-corrected chi connectivity index (χ3v) is 3.95. The number of likely N-dealkylation sites (N-methyl/N-ethyl adjacent to an activating group) is 1. The smallest absolute Gasteiger partial charge is 0.245 e. The van der Waals surface area contributed by atoms with Crippen molar-refractivity contribution in [2.75, 3.05) is 13.1 Å². The molecule has 0 aliphatic carbocycles. The quantitative estimate of drug-likeness (QED) is 0.902. The normalized spacial score (nSPS) is 21.1. The van der Waals surface area contributed by atoms with E-state index >= 15 is 0 Å². The molecule has 21 heavy (non-hydrogen) atoms. The predicted octanol–water partition coefficient (Wildman–Crippen LogP) is 2.22. The summed E-state index contributed by atoms with van der Waals surface area (Å²) < 4.78 is 0. The fraction of sp³-hybridized carbons (Fsp3) is 0.412. The average molecular weight is 286 g/mol. The molecule has 0 spiro atoms. The molecule has 1 saturated heterocycles. The zero-order valence-electron chi connectivity index (χ0n) is 12.6. The Bertz CT molecular complexity index is 539. The van der Waals surface area contributed by atoms with Crippen LogP contribution >= 0.6 is 0 Å². The highest BCUT2D eigenvalue weighted by atomic mass is 16.2. The minimum absolute atomic E-state index is 0.00202. The van der Waals surface area contributed by atoms with E-state index in [9.17, 15) is 9.59 Å². The molecular weight excluding hydrogens is 264 g/mol. The van der Waals surface area contributed by atoms with Crippen LogP contribution in [0.1, 0.15) is 32.3 Å². The number of nitrogens with zero attached hydrogens (tertiary/aromatic N) is 1. The summed E-state index contributed by atoms with van der Waals surface area (Å²) in [6.07, 6.45) is 4.84. The largest absolute Gasteiger partial charge is 0.354 e. The maximum absolute atomic E-state index is 12.2. The number of likely N-dealkylation sites (tertiary alicyclic amines) is 1. The highest BCUT2D eigenvalue weighted by molar-refractivity contribution is 5.93. The molecule has 4 nitrogen and oxygen atoms in total. The topological polar surface area (TPSA) is 49.4 Å². The van der Waals surface area contributed by atoms with Crippen molar-refractivity contribution in [2.24, 2.45) is 0 Å². The Hall–Kier alpha value is -2.10. The molecule has 1 aromatic rings. The van der Waals surface area contributed by atoms with E-state index in [1.807, 2.05) is 56.3 Å². The van der Waals surface area contributed by atoms with Crippen molar-refractivity contribution in [1.82, 2.24) is 10.2 Å². The van der Waals surface area contributed by atoms with E-state index in [0.29, 0.717) is 19.5 Å². The molecule has 1 fully saturated rings. The van der Waals surface area contributed by atoms with Crippen LogP contribution < -0.4 is 5.32 Å². The van der Waals surface area contributed by atoms with E-state index < -0.39 is 5.54 Å². The lowest BCUT2D eigenvalue weighted by molar-refractivity contribution is -0.156. The van der Waals surface area contributed by atoms with E-state index in [-0.39, 0.29) is 11.8 Å². The molecule has 1 aromatic carbocycles. The summed E-state index contributed by atoms with van der Waals surface area (Å²) in [6.45, 7) is 4.96. The maximum Gasteiger partial charge on any atom is 0.245 e. The summed E-state index contributed by atoms with van der Waals surface area (Å²) in [5.41, 5.74) is 0.397. The summed E-state index contributed by atoms with van der Waals surface area (Å²) in [5.74, 6) is -0.0566. The molecule has 0 bridgehead atoms. The number of carbonyl (C=O) groups is 2. The first-order valence-corrected chi connectivity index (χ1v) is 7.38. The molecule has 1 N–H and O–H groups in total. The van der Waals surface area contributed by atoms with Gasteiger partial charge in [-0.3, -0.25) is 9.59 Å². The summed E-state index contributed by atoms with van der Waals surface area (Å²) >= 11 is 0. The van der Waals surface area contributed by atoms with Gasteiger partial charge in [-0.2, -0.15) is 0 Å². The zero-order chi connectivity index (χ0) is 15.3. The van der Waals surface area contributed by atoms with E-state index in [2.05, 4.69) is 5.32 Å². The highest BCUT2D eigenvalue weighted by Crippen LogP contribution is 2.31. The van der Waals surface area contributed by atoms with Crippen molar-refractivity contribution in [3.63, 3.8) is 0 Å². The molecule has 1 atom stereocenters. The van der Waals surface area contributed by atoms with Gasteiger partial charge in [-0.15, -0.1) is 0 Å². The third-order valence-electron chi connectivity index (χ3n) is 3.95. The Morgan fingerprint density at radius 2 is 2.05 bits per heavy atom. The van der Waals surface area contributed by atoms with Gasteiger partial charge in [0.1, 0.15) is 5.54 Å². The monoisotopic (exact) mass is 286 g/mol. The first-order chi connectivity index (χ1) is 10.1. The fourth-order valence-electron chi connectivity index (χ4n) is 2.52. The van der Waals surface area contributed by atoms with Crippen molar-refractivity contribution < 1.29 is 9.59 Å². The highest BCUT2D eigenvalue weighted by Gasteiger charge is 2.48. The molecule has 1 aliphatic heterocycles. The van der Waals surface area contributed by atoms with Gasteiger partial charge >= 0.3 is 0 Å². The SMILES string of the molecule is CCNC(=O)C1(C)CCN1C(=O)C/C=C/c1ccccc1. The molecule has 2 amide bonds. The van der Waals surface area contributed by atoms with Gasteiger partial charge in [-0.05, 0) is 25.8 Å². The van der Waals surface area contributed by atoms with Crippen LogP contribution in [0.3, 0.4) is 0 Å². The van der Waals surface area contributed by atoms with Crippen LogP contribution in [0.5, 0.6) is 0 Å². The van der Waals surface area contributed by atoms with Gasteiger partial charge in [0.25, 0.3) is 0 Å². The standard InChI is InChI=1S/C17H22N2O2/c1-3-18-16(21)17(2)12-13-19(17)15(20)11-7-10-14-8-5-4-6-9-14/h4-10H,3,11-13H2,1-2H3,(H,18,21)/b10-7+. The van der Waals surface area contributed by atoms with Gasteiger partial charge in [0.2, 0.25) is 11.8 Å². The van der Waals surface area contributed by atoms with Gasteiger partial charge in [0.15, 0.2) is 0 Å². The maximum atomic E-state index is 12.2. The number of hydrogen-bond acceptors (Lipinski definition) is 2. The Balaban J connectivity index is 1.92. The van der Waals surface area contributed by atoms with Crippen molar-refractivity contribution in [1.29, 1.82) is 0 Å². The lowest BCUT2D eigenvalue weighted by Crippen LogP contribution is -2.67. The Labute approximate surface area is 125 Å². The fourth-order valence-corrected chi connectivity index (χ4v) is 2.52. The first-order valence-electron chi connectivity index (χ1n) is 7.38. The summed E-state index contributed by atoms with van der Waals surface area (Å²) in [5, 5.41) is 2.80. The molecule has 0 radical (unpaired) electrons. The van der Waals surface area contributed by atoms with E-state index in [1.165, 1.54) is 0 Å². The minimum atomic E-state index is -0.673. The van der Waals surface area contributed by atoms with E-state index in [4.69, 9.17) is 0 Å². The summed E-state index contributed by atoms with van der Waals surface area (Å²) in [4.78, 5) is 25.9. The second kappa shape index (κ2) is 6.57. The Morgan fingerprint density at radius 3 is 2.62 bits per heavy atom. The van der Waals surface area contributed by atoms with Gasteiger partial charge in [0, 0.05) is 19.5 Å². The first kappa shape index (κ1) is 15.3. The molecule has 1 heterocycles. The van der Waals surface area contributed by atoms with Crippen LogP contribution in [0, 0.1) is 0 Å². The molecule has 1 aliphatic rings. The van der Waals surface area contributed by atoms with Crippen LogP contribution in [0.15, 0.2) is 36.4 Å². The van der Waals surface area contributed by atoms with Gasteiger partial charge < -0.3 is 10.2 Å². The van der Waals surface area contributed by atoms with Crippen molar-refractivity contribution in [3.05, 3.63) is 42.0 Å². The number of carbonyl (C=O) groups excluding carboxylic acids is 2. The molecule has 2 rings (SSSR count). The van der Waals surface area contributed by atoms with Gasteiger partial charge in [-0.25, -0.2) is 0 Å². The Kier molecular flexibility index (Phi) is 4.78.